The zero-order valence-electron chi connectivity index (χ0n) is 22.8. The van der Waals surface area contributed by atoms with Gasteiger partial charge in [-0.15, -0.1) is 0 Å². The van der Waals surface area contributed by atoms with Crippen molar-refractivity contribution in [2.24, 2.45) is 0 Å². The molecular formula is C32H32F3N3O3. The number of amides is 2. The van der Waals surface area contributed by atoms with Crippen LogP contribution in [0, 0.1) is 0 Å². The van der Waals surface area contributed by atoms with Crippen LogP contribution < -0.4 is 4.74 Å². The summed E-state index contributed by atoms with van der Waals surface area (Å²) in [7, 11) is 0. The van der Waals surface area contributed by atoms with Crippen molar-refractivity contribution < 1.29 is 27.5 Å². The fourth-order valence-electron chi connectivity index (χ4n) is 4.93. The smallest absolute Gasteiger partial charge is 0.416 e. The van der Waals surface area contributed by atoms with Crippen LogP contribution in [0.15, 0.2) is 79.0 Å². The second kappa shape index (κ2) is 12.1. The Morgan fingerprint density at radius 2 is 1.68 bits per heavy atom. The average Bonchev–Trinajstić information content (AvgIpc) is 3.73. The normalized spacial score (nSPS) is 13.3. The Labute approximate surface area is 236 Å². The predicted octanol–water partition coefficient (Wildman–Crippen LogP) is 6.46. The third-order valence-electron chi connectivity index (χ3n) is 7.30. The van der Waals surface area contributed by atoms with Crippen molar-refractivity contribution in [2.75, 3.05) is 19.7 Å². The number of halogens is 3. The van der Waals surface area contributed by atoms with Crippen LogP contribution in [0.4, 0.5) is 13.2 Å². The zero-order valence-corrected chi connectivity index (χ0v) is 22.8. The SMILES string of the molecule is CCOc1ccc(CN(CCc2c[nH]c3ccccc23)C(=O)CN(C(=O)c2ccc(C(F)(F)F)cc2)C2CC2)cc1. The van der Waals surface area contributed by atoms with Gasteiger partial charge in [-0.25, -0.2) is 0 Å². The van der Waals surface area contributed by atoms with Gasteiger partial charge in [0.1, 0.15) is 12.3 Å². The van der Waals surface area contributed by atoms with Crippen LogP contribution in [0.5, 0.6) is 5.75 Å². The summed E-state index contributed by atoms with van der Waals surface area (Å²) in [5.74, 6) is 0.0908. The number of alkyl halides is 3. The van der Waals surface area contributed by atoms with Crippen LogP contribution in [0.1, 0.15) is 46.8 Å². The molecule has 0 bridgehead atoms. The molecule has 1 aliphatic rings. The van der Waals surface area contributed by atoms with E-state index in [-0.39, 0.29) is 24.1 Å². The van der Waals surface area contributed by atoms with Crippen molar-refractivity contribution in [3.8, 4) is 5.75 Å². The van der Waals surface area contributed by atoms with Crippen LogP contribution in [0.2, 0.25) is 0 Å². The highest BCUT2D eigenvalue weighted by Crippen LogP contribution is 2.31. The Bertz CT molecular complexity index is 1490. The second-order valence-electron chi connectivity index (χ2n) is 10.2. The third kappa shape index (κ3) is 6.90. The molecule has 9 heteroatoms. The van der Waals surface area contributed by atoms with Crippen LogP contribution in [-0.2, 0) is 23.9 Å². The number of rotatable bonds is 11. The third-order valence-corrected chi connectivity index (χ3v) is 7.30. The molecule has 1 aromatic heterocycles. The summed E-state index contributed by atoms with van der Waals surface area (Å²) < 4.78 is 44.6. The minimum absolute atomic E-state index is 0.102. The Morgan fingerprint density at radius 1 is 0.976 bits per heavy atom. The Morgan fingerprint density at radius 3 is 2.34 bits per heavy atom. The monoisotopic (exact) mass is 563 g/mol. The lowest BCUT2D eigenvalue weighted by Gasteiger charge is -2.28. The minimum Gasteiger partial charge on any atom is -0.494 e. The molecule has 5 rings (SSSR count). The Kier molecular flexibility index (Phi) is 8.33. The molecule has 1 fully saturated rings. The van der Waals surface area contributed by atoms with Gasteiger partial charge in [0.15, 0.2) is 0 Å². The van der Waals surface area contributed by atoms with Crippen molar-refractivity contribution in [1.29, 1.82) is 0 Å². The number of fused-ring (bicyclic) bond motifs is 1. The van der Waals surface area contributed by atoms with E-state index in [1.54, 1.807) is 4.90 Å². The summed E-state index contributed by atoms with van der Waals surface area (Å²) in [6.07, 6.45) is -0.403. The molecule has 1 heterocycles. The zero-order chi connectivity index (χ0) is 29.0. The van der Waals surface area contributed by atoms with Gasteiger partial charge in [-0.3, -0.25) is 9.59 Å². The molecule has 0 atom stereocenters. The first-order valence-electron chi connectivity index (χ1n) is 13.8. The maximum Gasteiger partial charge on any atom is 0.416 e. The number of carbonyl (C=O) groups excluding carboxylic acids is 2. The number of benzene rings is 3. The molecule has 0 unspecified atom stereocenters. The van der Waals surface area contributed by atoms with Crippen molar-refractivity contribution >= 4 is 22.7 Å². The van der Waals surface area contributed by atoms with E-state index in [9.17, 15) is 22.8 Å². The maximum absolute atomic E-state index is 13.8. The van der Waals surface area contributed by atoms with Gasteiger partial charge >= 0.3 is 6.18 Å². The standard InChI is InChI=1S/C32H32F3N3O3/c1-2-41-27-15-7-22(8-16-27)20-37(18-17-24-19-36-29-6-4-3-5-28(24)29)30(39)21-38(26-13-14-26)31(40)23-9-11-25(12-10-23)32(33,34)35/h3-12,15-16,19,26,36H,2,13-14,17-18,20-21H2,1H3. The van der Waals surface area contributed by atoms with Gasteiger partial charge in [-0.2, -0.15) is 13.2 Å². The molecule has 0 radical (unpaired) electrons. The van der Waals surface area contributed by atoms with Gasteiger partial charge in [0.25, 0.3) is 5.91 Å². The predicted molar refractivity (Wildman–Crippen MR) is 151 cm³/mol. The van der Waals surface area contributed by atoms with E-state index in [0.29, 0.717) is 26.1 Å². The minimum atomic E-state index is -4.49. The molecule has 0 aliphatic heterocycles. The van der Waals surface area contributed by atoms with Crippen molar-refractivity contribution in [3.05, 3.63) is 101 Å². The van der Waals surface area contributed by atoms with E-state index >= 15 is 0 Å². The number of nitrogens with zero attached hydrogens (tertiary/aromatic N) is 2. The topological polar surface area (TPSA) is 65.6 Å². The lowest BCUT2D eigenvalue weighted by molar-refractivity contribution is -0.137. The molecular weight excluding hydrogens is 531 g/mol. The molecule has 0 spiro atoms. The lowest BCUT2D eigenvalue weighted by Crippen LogP contribution is -2.44. The van der Waals surface area contributed by atoms with Gasteiger partial charge in [0, 0.05) is 41.8 Å². The first kappa shape index (κ1) is 28.3. The van der Waals surface area contributed by atoms with E-state index in [4.69, 9.17) is 4.74 Å². The quantitative estimate of drug-likeness (QED) is 0.228. The number of hydrogen-bond acceptors (Lipinski definition) is 3. The summed E-state index contributed by atoms with van der Waals surface area (Å²) in [6, 6.07) is 19.6. The number of carbonyl (C=O) groups is 2. The highest BCUT2D eigenvalue weighted by molar-refractivity contribution is 5.97. The number of para-hydroxylation sites is 1. The maximum atomic E-state index is 13.8. The van der Waals surface area contributed by atoms with Gasteiger partial charge in [-0.1, -0.05) is 30.3 Å². The van der Waals surface area contributed by atoms with E-state index < -0.39 is 17.6 Å². The molecule has 4 aromatic rings. The number of nitrogens with one attached hydrogen (secondary N) is 1. The molecule has 3 aromatic carbocycles. The van der Waals surface area contributed by atoms with Crippen molar-refractivity contribution in [1.82, 2.24) is 14.8 Å². The number of ether oxygens (including phenoxy) is 1. The van der Waals surface area contributed by atoms with Crippen LogP contribution in [-0.4, -0.2) is 52.3 Å². The molecule has 2 amide bonds. The molecule has 6 nitrogen and oxygen atoms in total. The first-order valence-corrected chi connectivity index (χ1v) is 13.8. The van der Waals surface area contributed by atoms with Crippen LogP contribution in [0.25, 0.3) is 10.9 Å². The highest BCUT2D eigenvalue weighted by atomic mass is 19.4. The van der Waals surface area contributed by atoms with Gasteiger partial charge in [0.2, 0.25) is 5.91 Å². The van der Waals surface area contributed by atoms with Gasteiger partial charge in [-0.05, 0) is 79.8 Å². The fraction of sp³-hybridized carbons (Fsp3) is 0.312. The number of H-pyrrole nitrogens is 1. The van der Waals surface area contributed by atoms with Crippen molar-refractivity contribution in [3.63, 3.8) is 0 Å². The average molecular weight is 564 g/mol. The highest BCUT2D eigenvalue weighted by Gasteiger charge is 2.36. The van der Waals surface area contributed by atoms with Gasteiger partial charge in [0.05, 0.1) is 12.2 Å². The fourth-order valence-corrected chi connectivity index (χ4v) is 4.93. The largest absolute Gasteiger partial charge is 0.494 e. The molecule has 1 aliphatic carbocycles. The molecule has 0 saturated heterocycles. The summed E-state index contributed by atoms with van der Waals surface area (Å²) >= 11 is 0. The Balaban J connectivity index is 1.34. The summed E-state index contributed by atoms with van der Waals surface area (Å²) in [4.78, 5) is 33.6. The van der Waals surface area contributed by atoms with Crippen LogP contribution in [0.3, 0.4) is 0 Å². The van der Waals surface area contributed by atoms with E-state index in [1.807, 2.05) is 61.7 Å². The summed E-state index contributed by atoms with van der Waals surface area (Å²) in [5, 5.41) is 1.10. The van der Waals surface area contributed by atoms with E-state index in [1.165, 1.54) is 17.0 Å². The molecule has 214 valence electrons. The first-order chi connectivity index (χ1) is 19.7. The molecule has 1 saturated carbocycles. The van der Waals surface area contributed by atoms with Crippen LogP contribution >= 0.6 is 0 Å². The number of hydrogen-bond donors (Lipinski definition) is 1. The molecule has 41 heavy (non-hydrogen) atoms. The summed E-state index contributed by atoms with van der Waals surface area (Å²) in [5.41, 5.74) is 2.35. The van der Waals surface area contributed by atoms with Gasteiger partial charge < -0.3 is 19.5 Å². The van der Waals surface area contributed by atoms with E-state index in [0.717, 1.165) is 52.8 Å². The van der Waals surface area contributed by atoms with Crippen molar-refractivity contribution in [2.45, 2.75) is 44.9 Å². The van der Waals surface area contributed by atoms with E-state index in [2.05, 4.69) is 4.98 Å². The lowest BCUT2D eigenvalue weighted by atomic mass is 10.1. The second-order valence-corrected chi connectivity index (χ2v) is 10.2. The number of aromatic nitrogens is 1. The summed E-state index contributed by atoms with van der Waals surface area (Å²) in [6.45, 7) is 3.10. The Hall–Kier alpha value is -4.27. The molecule has 1 N–H and O–H groups in total. The number of aromatic amines is 1.